The van der Waals surface area contributed by atoms with Crippen molar-refractivity contribution in [3.05, 3.63) is 176 Å². The molecule has 51 heavy (non-hydrogen) atoms. The van der Waals surface area contributed by atoms with Gasteiger partial charge in [0.05, 0.1) is 16.7 Å². The van der Waals surface area contributed by atoms with E-state index in [0.29, 0.717) is 0 Å². The Labute approximate surface area is 293 Å². The van der Waals surface area contributed by atoms with Gasteiger partial charge in [-0.1, -0.05) is 133 Å². The van der Waals surface area contributed by atoms with Crippen molar-refractivity contribution in [3.63, 3.8) is 0 Å². The topological polar surface area (TPSA) is 31.2 Å². The van der Waals surface area contributed by atoms with Gasteiger partial charge in [-0.25, -0.2) is 0 Å². The number of furan rings is 2. The number of hydrogen-bond donors (Lipinski definition) is 0. The van der Waals surface area contributed by atoms with Crippen LogP contribution in [-0.2, 0) is 0 Å². The summed E-state index contributed by atoms with van der Waals surface area (Å²) >= 11 is 0. The molecule has 0 bridgehead atoms. The van der Waals surface area contributed by atoms with E-state index in [2.05, 4.69) is 168 Å². The first kappa shape index (κ1) is 28.0. The summed E-state index contributed by atoms with van der Waals surface area (Å²) < 4.78 is 15.9. The zero-order valence-electron chi connectivity index (χ0n) is 27.5. The van der Waals surface area contributed by atoms with Gasteiger partial charge in [-0.15, -0.1) is 0 Å². The van der Waals surface area contributed by atoms with E-state index in [4.69, 9.17) is 8.83 Å². The molecule has 0 aliphatic heterocycles. The van der Waals surface area contributed by atoms with Crippen LogP contribution in [0.25, 0.3) is 105 Å². The molecule has 0 unspecified atom stereocenters. The maximum Gasteiger partial charge on any atom is 0.159 e. The van der Waals surface area contributed by atoms with Crippen LogP contribution >= 0.6 is 0 Å². The van der Waals surface area contributed by atoms with Crippen LogP contribution in [0.3, 0.4) is 0 Å². The lowest BCUT2D eigenvalue weighted by Gasteiger charge is -2.10. The van der Waals surface area contributed by atoms with E-state index in [1.807, 2.05) is 12.1 Å². The maximum absolute atomic E-state index is 7.16. The fourth-order valence-electron chi connectivity index (χ4n) is 8.08. The molecule has 0 saturated carbocycles. The van der Waals surface area contributed by atoms with Crippen molar-refractivity contribution < 1.29 is 8.83 Å². The lowest BCUT2D eigenvalue weighted by Crippen LogP contribution is -1.94. The number of para-hydroxylation sites is 3. The van der Waals surface area contributed by atoms with Gasteiger partial charge in [0.1, 0.15) is 16.7 Å². The monoisotopic (exact) mass is 651 g/mol. The molecular weight excluding hydrogens is 623 g/mol. The quantitative estimate of drug-likeness (QED) is 0.190. The van der Waals surface area contributed by atoms with Crippen LogP contribution in [0.2, 0.25) is 0 Å². The number of hydrogen-bond acceptors (Lipinski definition) is 2. The van der Waals surface area contributed by atoms with Crippen LogP contribution < -0.4 is 0 Å². The first-order chi connectivity index (χ1) is 25.3. The third kappa shape index (κ3) is 4.19. The van der Waals surface area contributed by atoms with Crippen molar-refractivity contribution >= 4 is 65.7 Å². The summed E-state index contributed by atoms with van der Waals surface area (Å²) in [6.45, 7) is 0. The smallest absolute Gasteiger partial charge is 0.159 e. The van der Waals surface area contributed by atoms with E-state index in [1.54, 1.807) is 0 Å². The van der Waals surface area contributed by atoms with Gasteiger partial charge in [0.25, 0.3) is 0 Å². The molecule has 3 heterocycles. The standard InChI is InChI=1S/C48H29NO2/c1-3-12-30(13-4-1)32-22-24-37-36-16-7-9-19-41(36)49(43(37)28-32)42-20-11-18-40-46-34(26-27-35(48(46)51-47(40)42)31-14-5-2-6-15-31)33-23-25-39-38-17-8-10-21-44(38)50-45(39)29-33/h1-29H. The largest absolute Gasteiger partial charge is 0.456 e. The summed E-state index contributed by atoms with van der Waals surface area (Å²) in [4.78, 5) is 0. The molecule has 0 saturated heterocycles. The Hall–Kier alpha value is -6.84. The van der Waals surface area contributed by atoms with Crippen LogP contribution in [0.15, 0.2) is 185 Å². The Kier molecular flexibility index (Phi) is 5.96. The van der Waals surface area contributed by atoms with E-state index in [9.17, 15) is 0 Å². The Bertz CT molecular complexity index is 3130. The number of aromatic nitrogens is 1. The zero-order valence-corrected chi connectivity index (χ0v) is 27.5. The van der Waals surface area contributed by atoms with Gasteiger partial charge < -0.3 is 13.4 Å². The second-order valence-corrected chi connectivity index (χ2v) is 13.2. The summed E-state index contributed by atoms with van der Waals surface area (Å²) in [5.74, 6) is 0. The van der Waals surface area contributed by atoms with E-state index >= 15 is 0 Å². The first-order valence-electron chi connectivity index (χ1n) is 17.3. The average molecular weight is 652 g/mol. The fraction of sp³-hybridized carbons (Fsp3) is 0. The first-order valence-corrected chi connectivity index (χ1v) is 17.3. The van der Waals surface area contributed by atoms with Crippen molar-refractivity contribution in [1.29, 1.82) is 0 Å². The summed E-state index contributed by atoms with van der Waals surface area (Å²) in [7, 11) is 0. The van der Waals surface area contributed by atoms with Crippen LogP contribution in [0.5, 0.6) is 0 Å². The Morgan fingerprint density at radius 2 is 0.980 bits per heavy atom. The molecular formula is C48H29NO2. The molecule has 0 atom stereocenters. The molecule has 0 spiro atoms. The predicted octanol–water partition coefficient (Wildman–Crippen LogP) is 13.6. The maximum atomic E-state index is 7.16. The average Bonchev–Trinajstić information content (AvgIpc) is 3.88. The third-order valence-electron chi connectivity index (χ3n) is 10.4. The SMILES string of the molecule is c1ccc(-c2ccc3c4ccccc4n(-c4cccc5c4oc4c(-c6ccccc6)ccc(-c6ccc7c(c6)oc6ccccc67)c45)c3c2)cc1. The molecule has 0 aliphatic rings. The third-order valence-corrected chi connectivity index (χ3v) is 10.4. The van der Waals surface area contributed by atoms with Gasteiger partial charge in [-0.2, -0.15) is 0 Å². The number of rotatable bonds is 4. The van der Waals surface area contributed by atoms with Crippen LogP contribution in [-0.4, -0.2) is 4.57 Å². The second-order valence-electron chi connectivity index (χ2n) is 13.2. The molecule has 8 aromatic carbocycles. The van der Waals surface area contributed by atoms with Gasteiger partial charge in [0.15, 0.2) is 5.58 Å². The summed E-state index contributed by atoms with van der Waals surface area (Å²) in [5.41, 5.74) is 13.5. The molecule has 11 rings (SSSR count). The Morgan fingerprint density at radius 3 is 1.84 bits per heavy atom. The van der Waals surface area contributed by atoms with Crippen molar-refractivity contribution in [3.8, 4) is 39.1 Å². The highest BCUT2D eigenvalue weighted by molar-refractivity contribution is 6.19. The molecule has 3 aromatic heterocycles. The lowest BCUT2D eigenvalue weighted by molar-refractivity contribution is 0.667. The minimum absolute atomic E-state index is 0.856. The van der Waals surface area contributed by atoms with Crippen molar-refractivity contribution in [2.75, 3.05) is 0 Å². The number of fused-ring (bicyclic) bond motifs is 9. The minimum Gasteiger partial charge on any atom is -0.456 e. The highest BCUT2D eigenvalue weighted by Crippen LogP contribution is 2.45. The number of nitrogens with zero attached hydrogens (tertiary/aromatic N) is 1. The molecule has 0 aliphatic carbocycles. The molecule has 3 nitrogen and oxygen atoms in total. The fourth-order valence-corrected chi connectivity index (χ4v) is 8.08. The highest BCUT2D eigenvalue weighted by Gasteiger charge is 2.22. The molecule has 0 radical (unpaired) electrons. The molecule has 3 heteroatoms. The minimum atomic E-state index is 0.856. The lowest BCUT2D eigenvalue weighted by atomic mass is 9.94. The van der Waals surface area contributed by atoms with Gasteiger partial charge in [-0.05, 0) is 70.3 Å². The summed E-state index contributed by atoms with van der Waals surface area (Å²) in [5, 5.41) is 6.84. The predicted molar refractivity (Wildman–Crippen MR) is 212 cm³/mol. The van der Waals surface area contributed by atoms with Crippen LogP contribution in [0.1, 0.15) is 0 Å². The van der Waals surface area contributed by atoms with Gasteiger partial charge in [0.2, 0.25) is 0 Å². The van der Waals surface area contributed by atoms with E-state index in [0.717, 1.165) is 82.9 Å². The van der Waals surface area contributed by atoms with E-state index in [-0.39, 0.29) is 0 Å². The second kappa shape index (κ2) is 10.8. The van der Waals surface area contributed by atoms with Crippen LogP contribution in [0.4, 0.5) is 0 Å². The van der Waals surface area contributed by atoms with Crippen molar-refractivity contribution in [1.82, 2.24) is 4.57 Å². The Morgan fingerprint density at radius 1 is 0.333 bits per heavy atom. The van der Waals surface area contributed by atoms with Gasteiger partial charge in [0, 0.05) is 37.9 Å². The van der Waals surface area contributed by atoms with Crippen LogP contribution in [0, 0.1) is 0 Å². The zero-order chi connectivity index (χ0) is 33.5. The molecule has 0 amide bonds. The van der Waals surface area contributed by atoms with Crippen molar-refractivity contribution in [2.45, 2.75) is 0 Å². The molecule has 11 aromatic rings. The molecule has 0 fully saturated rings. The summed E-state index contributed by atoms with van der Waals surface area (Å²) in [6.07, 6.45) is 0. The molecule has 0 N–H and O–H groups in total. The molecule has 238 valence electrons. The Balaban J connectivity index is 1.22. The van der Waals surface area contributed by atoms with Gasteiger partial charge >= 0.3 is 0 Å². The van der Waals surface area contributed by atoms with Crippen molar-refractivity contribution in [2.24, 2.45) is 0 Å². The number of benzene rings is 8. The highest BCUT2D eigenvalue weighted by atomic mass is 16.3. The van der Waals surface area contributed by atoms with Gasteiger partial charge in [-0.3, -0.25) is 0 Å². The normalized spacial score (nSPS) is 11.9. The summed E-state index contributed by atoms with van der Waals surface area (Å²) in [6, 6.07) is 62.4. The van der Waals surface area contributed by atoms with E-state index < -0.39 is 0 Å². The van der Waals surface area contributed by atoms with E-state index in [1.165, 1.54) is 21.9 Å².